The van der Waals surface area contributed by atoms with E-state index in [1.807, 2.05) is 26.1 Å². The summed E-state index contributed by atoms with van der Waals surface area (Å²) in [5, 5.41) is 12.8. The minimum atomic E-state index is -0.106. The number of aromatic nitrogens is 1. The van der Waals surface area contributed by atoms with Gasteiger partial charge in [-0.3, -0.25) is 4.79 Å². The first-order valence-electron chi connectivity index (χ1n) is 7.66. The first-order chi connectivity index (χ1) is 11.1. The molecule has 1 aliphatic heterocycles. The van der Waals surface area contributed by atoms with Crippen molar-refractivity contribution < 1.29 is 9.90 Å². The second-order valence-corrected chi connectivity index (χ2v) is 5.52. The highest BCUT2D eigenvalue weighted by atomic mass is 16.3. The van der Waals surface area contributed by atoms with Gasteiger partial charge in [0.2, 0.25) is 0 Å². The third kappa shape index (κ3) is 2.92. The fourth-order valence-electron chi connectivity index (χ4n) is 2.73. The van der Waals surface area contributed by atoms with E-state index in [9.17, 15) is 9.90 Å². The van der Waals surface area contributed by atoms with Crippen LogP contribution in [-0.4, -0.2) is 42.7 Å². The summed E-state index contributed by atoms with van der Waals surface area (Å²) in [6.07, 6.45) is 1.62. The molecule has 0 aliphatic carbocycles. The normalized spacial score (nSPS) is 14.4. The van der Waals surface area contributed by atoms with Crippen LogP contribution in [0.1, 0.15) is 17.3 Å². The van der Waals surface area contributed by atoms with E-state index in [0.29, 0.717) is 24.3 Å². The summed E-state index contributed by atoms with van der Waals surface area (Å²) in [4.78, 5) is 21.0. The van der Waals surface area contributed by atoms with Gasteiger partial charge in [0.1, 0.15) is 11.6 Å². The molecule has 0 radical (unpaired) electrons. The van der Waals surface area contributed by atoms with Crippen molar-refractivity contribution in [2.75, 3.05) is 41.8 Å². The van der Waals surface area contributed by atoms with E-state index < -0.39 is 0 Å². The van der Waals surface area contributed by atoms with E-state index in [4.69, 9.17) is 0 Å². The molecule has 1 aromatic heterocycles. The molecule has 23 heavy (non-hydrogen) atoms. The lowest BCUT2D eigenvalue weighted by atomic mass is 10.2. The average Bonchev–Trinajstić information content (AvgIpc) is 2.66. The third-order valence-electron chi connectivity index (χ3n) is 3.93. The van der Waals surface area contributed by atoms with Crippen molar-refractivity contribution in [2.24, 2.45) is 0 Å². The van der Waals surface area contributed by atoms with Crippen LogP contribution in [0.3, 0.4) is 0 Å². The van der Waals surface area contributed by atoms with Gasteiger partial charge < -0.3 is 20.2 Å². The van der Waals surface area contributed by atoms with Crippen LogP contribution in [-0.2, 0) is 0 Å². The Morgan fingerprint density at radius 1 is 1.30 bits per heavy atom. The topological polar surface area (TPSA) is 68.7 Å². The molecule has 6 nitrogen and oxygen atoms in total. The predicted molar refractivity (Wildman–Crippen MR) is 91.5 cm³/mol. The Balaban J connectivity index is 2.01. The summed E-state index contributed by atoms with van der Waals surface area (Å²) in [6.45, 7) is 4.03. The van der Waals surface area contributed by atoms with Crippen molar-refractivity contribution in [2.45, 2.75) is 6.92 Å². The molecule has 1 aromatic carbocycles. The molecule has 2 aromatic rings. The number of rotatable bonds is 3. The first kappa shape index (κ1) is 15.1. The number of phenols is 1. The second-order valence-electron chi connectivity index (χ2n) is 5.52. The monoisotopic (exact) mass is 312 g/mol. The number of likely N-dealkylation sites (N-methyl/N-ethyl adjacent to an activating group) is 1. The lowest BCUT2D eigenvalue weighted by Gasteiger charge is -2.21. The molecule has 0 bridgehead atoms. The average molecular weight is 312 g/mol. The number of carbonyl (C=O) groups is 1. The van der Waals surface area contributed by atoms with Crippen LogP contribution in [0, 0.1) is 0 Å². The minimum Gasteiger partial charge on any atom is -0.508 e. The molecule has 2 heterocycles. The fraction of sp³-hybridized carbons (Fsp3) is 0.294. The number of carbonyl (C=O) groups excluding carboxylic acids is 1. The molecular formula is C17H20N4O2. The number of amides is 1. The van der Waals surface area contributed by atoms with Crippen molar-refractivity contribution in [1.82, 2.24) is 4.98 Å². The molecule has 0 unspecified atom stereocenters. The summed E-state index contributed by atoms with van der Waals surface area (Å²) < 4.78 is 0. The SMILES string of the molecule is CCNc1cc2c(cn1)C(=O)N(c1cccc(O)c1)CCN2C. The van der Waals surface area contributed by atoms with Gasteiger partial charge in [-0.2, -0.15) is 0 Å². The van der Waals surface area contributed by atoms with Crippen molar-refractivity contribution in [3.05, 3.63) is 42.1 Å². The van der Waals surface area contributed by atoms with Gasteiger partial charge in [-0.15, -0.1) is 0 Å². The van der Waals surface area contributed by atoms with Gasteiger partial charge in [0, 0.05) is 50.7 Å². The van der Waals surface area contributed by atoms with Gasteiger partial charge in [0.15, 0.2) is 0 Å². The number of nitrogens with one attached hydrogen (secondary N) is 1. The number of phenolic OH excluding ortho intramolecular Hbond substituents is 1. The number of nitrogens with zero attached hydrogens (tertiary/aromatic N) is 3. The molecule has 6 heteroatoms. The molecule has 0 atom stereocenters. The minimum absolute atomic E-state index is 0.106. The zero-order valence-electron chi connectivity index (χ0n) is 13.3. The van der Waals surface area contributed by atoms with Gasteiger partial charge >= 0.3 is 0 Å². The zero-order valence-corrected chi connectivity index (χ0v) is 13.3. The van der Waals surface area contributed by atoms with Crippen molar-refractivity contribution >= 4 is 23.1 Å². The van der Waals surface area contributed by atoms with E-state index >= 15 is 0 Å². The summed E-state index contributed by atoms with van der Waals surface area (Å²) >= 11 is 0. The summed E-state index contributed by atoms with van der Waals surface area (Å²) in [5.41, 5.74) is 2.12. The molecule has 1 aliphatic rings. The first-order valence-corrected chi connectivity index (χ1v) is 7.66. The van der Waals surface area contributed by atoms with Crippen molar-refractivity contribution in [1.29, 1.82) is 0 Å². The third-order valence-corrected chi connectivity index (χ3v) is 3.93. The quantitative estimate of drug-likeness (QED) is 0.910. The van der Waals surface area contributed by atoms with E-state index in [0.717, 1.165) is 18.1 Å². The van der Waals surface area contributed by atoms with Gasteiger partial charge in [0.25, 0.3) is 5.91 Å². The van der Waals surface area contributed by atoms with E-state index in [-0.39, 0.29) is 11.7 Å². The van der Waals surface area contributed by atoms with Crippen LogP contribution in [0.5, 0.6) is 5.75 Å². The summed E-state index contributed by atoms with van der Waals surface area (Å²) in [6, 6.07) is 8.66. The van der Waals surface area contributed by atoms with Gasteiger partial charge in [-0.05, 0) is 19.1 Å². The van der Waals surface area contributed by atoms with Crippen LogP contribution in [0.25, 0.3) is 0 Å². The highest BCUT2D eigenvalue weighted by Gasteiger charge is 2.26. The number of benzene rings is 1. The van der Waals surface area contributed by atoms with Crippen LogP contribution in [0.15, 0.2) is 36.5 Å². The lowest BCUT2D eigenvalue weighted by Crippen LogP contribution is -2.33. The summed E-state index contributed by atoms with van der Waals surface area (Å²) in [7, 11) is 1.97. The number of hydrogen-bond acceptors (Lipinski definition) is 5. The van der Waals surface area contributed by atoms with Gasteiger partial charge in [-0.25, -0.2) is 4.98 Å². The molecule has 0 fully saturated rings. The molecular weight excluding hydrogens is 292 g/mol. The predicted octanol–water partition coefficient (Wildman–Crippen LogP) is 2.32. The number of fused-ring (bicyclic) bond motifs is 1. The van der Waals surface area contributed by atoms with Crippen LogP contribution in [0.2, 0.25) is 0 Å². The zero-order chi connectivity index (χ0) is 16.4. The van der Waals surface area contributed by atoms with E-state index in [2.05, 4.69) is 15.2 Å². The molecule has 0 spiro atoms. The highest BCUT2D eigenvalue weighted by molar-refractivity contribution is 6.10. The van der Waals surface area contributed by atoms with Crippen molar-refractivity contribution in [3.8, 4) is 5.75 Å². The van der Waals surface area contributed by atoms with E-state index in [1.54, 1.807) is 29.3 Å². The molecule has 3 rings (SSSR count). The molecule has 0 saturated heterocycles. The second kappa shape index (κ2) is 6.16. The van der Waals surface area contributed by atoms with Crippen molar-refractivity contribution in [3.63, 3.8) is 0 Å². The maximum atomic E-state index is 12.9. The Labute approximate surface area is 135 Å². The Morgan fingerprint density at radius 2 is 2.13 bits per heavy atom. The number of anilines is 3. The highest BCUT2D eigenvalue weighted by Crippen LogP contribution is 2.29. The smallest absolute Gasteiger partial charge is 0.262 e. The van der Waals surface area contributed by atoms with E-state index in [1.165, 1.54) is 0 Å². The molecule has 120 valence electrons. The Kier molecular flexibility index (Phi) is 4.06. The maximum absolute atomic E-state index is 12.9. The molecule has 0 saturated carbocycles. The fourth-order valence-corrected chi connectivity index (χ4v) is 2.73. The standard InChI is InChI=1S/C17H20N4O2/c1-3-18-16-10-15-14(11-19-16)17(23)21(8-7-20(15)2)12-5-4-6-13(22)9-12/h4-6,9-11,22H,3,7-8H2,1-2H3,(H,18,19). The van der Waals surface area contributed by atoms with Gasteiger partial charge in [-0.1, -0.05) is 6.07 Å². The van der Waals surface area contributed by atoms with Crippen LogP contribution < -0.4 is 15.1 Å². The van der Waals surface area contributed by atoms with Crippen LogP contribution in [0.4, 0.5) is 17.2 Å². The number of pyridine rings is 1. The Hall–Kier alpha value is -2.76. The summed E-state index contributed by atoms with van der Waals surface area (Å²) in [5.74, 6) is 0.802. The Bertz CT molecular complexity index is 732. The maximum Gasteiger partial charge on any atom is 0.262 e. The molecule has 1 amide bonds. The lowest BCUT2D eigenvalue weighted by molar-refractivity contribution is 0.0990. The van der Waals surface area contributed by atoms with Gasteiger partial charge in [0.05, 0.1) is 11.3 Å². The number of aromatic hydroxyl groups is 1. The largest absolute Gasteiger partial charge is 0.508 e. The number of hydrogen-bond donors (Lipinski definition) is 2. The Morgan fingerprint density at radius 3 is 2.87 bits per heavy atom. The molecule has 2 N–H and O–H groups in total. The van der Waals surface area contributed by atoms with Crippen LogP contribution >= 0.6 is 0 Å².